The van der Waals surface area contributed by atoms with Crippen LogP contribution in [0, 0.1) is 41.4 Å². The first kappa shape index (κ1) is 29.3. The standard InChI is InChI=1S/C33H26Cl2N2O8/c1-43-18-8-4-16(5-9-18)36-29(38)25-20-14-21(33(42)45-23-12-3-15(34)13-22(23)35)24(27(25)31(36)40)28-26(20)30(39)37(32(28)41)17-6-10-19(44-2)11-7-17/h3-13,20-21,24-28H,14H2,1-2H3/t20?,21-,24?,25+,26+,27-,28-/m0/s1. The molecule has 2 bridgehead atoms. The molecule has 0 unspecified atom stereocenters. The van der Waals surface area contributed by atoms with Crippen LogP contribution in [-0.2, 0) is 24.0 Å². The highest BCUT2D eigenvalue weighted by atomic mass is 35.5. The number of hydrogen-bond acceptors (Lipinski definition) is 8. The molecule has 0 N–H and O–H groups in total. The van der Waals surface area contributed by atoms with Crippen LogP contribution < -0.4 is 24.0 Å². The minimum atomic E-state index is -1.01. The second kappa shape index (κ2) is 10.9. The van der Waals surface area contributed by atoms with Gasteiger partial charge < -0.3 is 14.2 Å². The predicted molar refractivity (Wildman–Crippen MR) is 162 cm³/mol. The first-order valence-corrected chi connectivity index (χ1v) is 15.1. The lowest BCUT2D eigenvalue weighted by atomic mass is 9.48. The van der Waals surface area contributed by atoms with Crippen molar-refractivity contribution in [3.8, 4) is 17.2 Å². The van der Waals surface area contributed by atoms with Crippen LogP contribution in [0.2, 0.25) is 10.0 Å². The molecule has 3 aromatic carbocycles. The molecule has 0 spiro atoms. The summed E-state index contributed by atoms with van der Waals surface area (Å²) < 4.78 is 16.1. The third kappa shape index (κ3) is 4.41. The van der Waals surface area contributed by atoms with E-state index >= 15 is 0 Å². The summed E-state index contributed by atoms with van der Waals surface area (Å²) >= 11 is 12.3. The summed E-state index contributed by atoms with van der Waals surface area (Å²) in [6.07, 6.45) is 0.0853. The van der Waals surface area contributed by atoms with Gasteiger partial charge in [0.25, 0.3) is 0 Å². The molecule has 3 saturated carbocycles. The molecule has 0 radical (unpaired) electrons. The summed E-state index contributed by atoms with van der Waals surface area (Å²) in [6, 6.07) is 17.4. The van der Waals surface area contributed by atoms with E-state index in [0.717, 1.165) is 9.80 Å². The number of anilines is 2. The van der Waals surface area contributed by atoms with Crippen LogP contribution in [0.1, 0.15) is 6.42 Å². The zero-order chi connectivity index (χ0) is 31.7. The Labute approximate surface area is 267 Å². The normalized spacial score (nSPS) is 28.3. The number of rotatable bonds is 6. The van der Waals surface area contributed by atoms with E-state index in [-0.39, 0.29) is 17.2 Å². The SMILES string of the molecule is COc1ccc(N2C(=O)[C@@H]3C4C[C@H](C(=O)Oc5ccc(Cl)cc5Cl)C([C@@H]3C2=O)[C@@H]2C(=O)N(c3ccc(OC)cc3)C(=O)[C@H]42)cc1. The molecule has 5 atom stereocenters. The highest BCUT2D eigenvalue weighted by Crippen LogP contribution is 2.63. The molecule has 5 aliphatic rings. The maximum atomic E-state index is 14.2. The topological polar surface area (TPSA) is 120 Å². The molecule has 0 aromatic heterocycles. The van der Waals surface area contributed by atoms with Gasteiger partial charge in [-0.05, 0) is 85.0 Å². The molecule has 45 heavy (non-hydrogen) atoms. The van der Waals surface area contributed by atoms with Crippen LogP contribution in [0.5, 0.6) is 17.2 Å². The molecule has 12 heteroatoms. The molecule has 2 heterocycles. The van der Waals surface area contributed by atoms with Crippen molar-refractivity contribution in [3.05, 3.63) is 76.8 Å². The van der Waals surface area contributed by atoms with E-state index in [0.29, 0.717) is 27.9 Å². The number of ether oxygens (including phenoxy) is 3. The van der Waals surface area contributed by atoms with Crippen molar-refractivity contribution >= 4 is 64.2 Å². The summed E-state index contributed by atoms with van der Waals surface area (Å²) in [4.78, 5) is 72.5. The Morgan fingerprint density at radius 2 is 1.16 bits per heavy atom. The van der Waals surface area contributed by atoms with Crippen LogP contribution in [0.4, 0.5) is 11.4 Å². The first-order chi connectivity index (χ1) is 21.6. The minimum Gasteiger partial charge on any atom is -0.497 e. The zero-order valence-electron chi connectivity index (χ0n) is 24.0. The molecule has 5 fully saturated rings. The van der Waals surface area contributed by atoms with Gasteiger partial charge in [-0.3, -0.25) is 33.8 Å². The fourth-order valence-corrected chi connectivity index (χ4v) is 8.24. The number of benzene rings is 3. The van der Waals surface area contributed by atoms with Crippen LogP contribution in [0.3, 0.4) is 0 Å². The summed E-state index contributed by atoms with van der Waals surface area (Å²) in [5, 5.41) is 0.466. The van der Waals surface area contributed by atoms with Gasteiger partial charge in [0.1, 0.15) is 17.2 Å². The van der Waals surface area contributed by atoms with Gasteiger partial charge in [-0.25, -0.2) is 0 Å². The summed E-state index contributed by atoms with van der Waals surface area (Å²) in [5.74, 6) is -7.97. The number of nitrogens with zero attached hydrogens (tertiary/aromatic N) is 2. The van der Waals surface area contributed by atoms with Crippen molar-refractivity contribution in [1.29, 1.82) is 0 Å². The van der Waals surface area contributed by atoms with E-state index in [1.54, 1.807) is 48.5 Å². The lowest BCUT2D eigenvalue weighted by Gasteiger charge is -2.51. The van der Waals surface area contributed by atoms with Crippen molar-refractivity contribution in [1.82, 2.24) is 0 Å². The number of carbonyl (C=O) groups is 5. The number of carbonyl (C=O) groups excluding carboxylic acids is 5. The van der Waals surface area contributed by atoms with Crippen LogP contribution in [-0.4, -0.2) is 43.8 Å². The van der Waals surface area contributed by atoms with E-state index in [1.807, 2.05) is 0 Å². The monoisotopic (exact) mass is 648 g/mol. The fourth-order valence-electron chi connectivity index (χ4n) is 7.79. The van der Waals surface area contributed by atoms with Gasteiger partial charge in [-0.2, -0.15) is 0 Å². The maximum absolute atomic E-state index is 14.2. The number of hydrogen-bond donors (Lipinski definition) is 0. The van der Waals surface area contributed by atoms with Crippen molar-refractivity contribution in [3.63, 3.8) is 0 Å². The van der Waals surface area contributed by atoms with Gasteiger partial charge in [0, 0.05) is 5.02 Å². The molecular formula is C33H26Cl2N2O8. The Balaban J connectivity index is 1.29. The molecule has 10 nitrogen and oxygen atoms in total. The molecule has 3 aliphatic carbocycles. The minimum absolute atomic E-state index is 0.0722. The van der Waals surface area contributed by atoms with Crippen molar-refractivity contribution < 1.29 is 38.2 Å². The Morgan fingerprint density at radius 1 is 0.689 bits per heavy atom. The third-order valence-electron chi connectivity index (χ3n) is 9.61. The summed E-state index contributed by atoms with van der Waals surface area (Å²) in [7, 11) is 3.01. The summed E-state index contributed by atoms with van der Waals surface area (Å²) in [6.45, 7) is 0. The van der Waals surface area contributed by atoms with E-state index in [9.17, 15) is 24.0 Å². The lowest BCUT2D eigenvalue weighted by Crippen LogP contribution is -2.58. The van der Waals surface area contributed by atoms with Crippen LogP contribution >= 0.6 is 23.2 Å². The largest absolute Gasteiger partial charge is 0.497 e. The number of esters is 1. The van der Waals surface area contributed by atoms with E-state index in [4.69, 9.17) is 37.4 Å². The number of amides is 4. The average Bonchev–Trinajstić information content (AvgIpc) is 3.48. The predicted octanol–water partition coefficient (Wildman–Crippen LogP) is 4.79. The van der Waals surface area contributed by atoms with Gasteiger partial charge in [0.05, 0.1) is 60.2 Å². The second-order valence-electron chi connectivity index (χ2n) is 11.6. The number of imide groups is 2. The molecule has 8 rings (SSSR count). The van der Waals surface area contributed by atoms with E-state index < -0.39 is 71.0 Å². The molecular weight excluding hydrogens is 623 g/mol. The van der Waals surface area contributed by atoms with E-state index in [1.165, 1.54) is 32.4 Å². The van der Waals surface area contributed by atoms with Crippen molar-refractivity contribution in [2.45, 2.75) is 6.42 Å². The second-order valence-corrected chi connectivity index (χ2v) is 12.4. The third-order valence-corrected chi connectivity index (χ3v) is 10.1. The van der Waals surface area contributed by atoms with Gasteiger partial charge in [0.15, 0.2) is 0 Å². The van der Waals surface area contributed by atoms with Gasteiger partial charge in [0.2, 0.25) is 23.6 Å². The smallest absolute Gasteiger partial charge is 0.314 e. The van der Waals surface area contributed by atoms with Gasteiger partial charge in [-0.1, -0.05) is 23.2 Å². The fraction of sp³-hybridized carbons (Fsp3) is 0.303. The average molecular weight is 649 g/mol. The van der Waals surface area contributed by atoms with Crippen molar-refractivity contribution in [2.75, 3.05) is 24.0 Å². The molecule has 4 amide bonds. The van der Waals surface area contributed by atoms with Crippen LogP contribution in [0.25, 0.3) is 0 Å². The Bertz CT molecular complexity index is 1670. The molecule has 2 aliphatic heterocycles. The Morgan fingerprint density at radius 3 is 1.60 bits per heavy atom. The zero-order valence-corrected chi connectivity index (χ0v) is 25.5. The molecule has 230 valence electrons. The maximum Gasteiger partial charge on any atom is 0.314 e. The first-order valence-electron chi connectivity index (χ1n) is 14.3. The Kier molecular flexibility index (Phi) is 7.09. The quantitative estimate of drug-likeness (QED) is 0.213. The lowest BCUT2D eigenvalue weighted by molar-refractivity contribution is -0.167. The number of methoxy groups -OCH3 is 2. The molecule has 3 aromatic rings. The highest BCUT2D eigenvalue weighted by Gasteiger charge is 2.73. The van der Waals surface area contributed by atoms with Crippen molar-refractivity contribution in [2.24, 2.45) is 41.4 Å². The highest BCUT2D eigenvalue weighted by molar-refractivity contribution is 6.35. The summed E-state index contributed by atoms with van der Waals surface area (Å²) in [5.41, 5.74) is 0.684. The Hall–Kier alpha value is -4.41. The van der Waals surface area contributed by atoms with E-state index in [2.05, 4.69) is 0 Å². The van der Waals surface area contributed by atoms with Gasteiger partial charge in [-0.15, -0.1) is 0 Å². The molecule has 2 saturated heterocycles. The number of fused-ring (bicyclic) bond motifs is 1. The number of halogens is 2. The van der Waals surface area contributed by atoms with Gasteiger partial charge >= 0.3 is 5.97 Å². The van der Waals surface area contributed by atoms with Crippen LogP contribution in [0.15, 0.2) is 66.7 Å².